The van der Waals surface area contributed by atoms with Crippen LogP contribution in [0.5, 0.6) is 5.75 Å². The topological polar surface area (TPSA) is 60.3 Å². The van der Waals surface area contributed by atoms with Crippen molar-refractivity contribution in [1.82, 2.24) is 4.57 Å². The summed E-state index contributed by atoms with van der Waals surface area (Å²) in [4.78, 5) is 28.4. The number of thiophene rings is 1. The van der Waals surface area contributed by atoms with Crippen LogP contribution in [0.15, 0.2) is 51.6 Å². The van der Waals surface area contributed by atoms with Crippen LogP contribution in [0, 0.1) is 17.8 Å². The average Bonchev–Trinajstić information content (AvgIpc) is 3.59. The molecule has 2 saturated carbocycles. The molecular weight excluding hydrogens is 460 g/mol. The highest BCUT2D eigenvalue weighted by Crippen LogP contribution is 2.64. The van der Waals surface area contributed by atoms with E-state index in [0.29, 0.717) is 22.8 Å². The zero-order valence-corrected chi connectivity index (χ0v) is 20.1. The highest BCUT2D eigenvalue weighted by molar-refractivity contribution is 8.00. The molecule has 0 unspecified atom stereocenters. The number of thioether (sulfide) groups is 1. The molecule has 6 rings (SSSR count). The fourth-order valence-corrected chi connectivity index (χ4v) is 10.0. The number of fused-ring (bicyclic) bond motifs is 6. The van der Waals surface area contributed by atoms with Crippen LogP contribution in [-0.2, 0) is 11.3 Å². The van der Waals surface area contributed by atoms with Crippen molar-refractivity contribution in [1.29, 1.82) is 0 Å². The molecule has 0 radical (unpaired) electrons. The first-order valence-corrected chi connectivity index (χ1v) is 13.6. The molecule has 0 spiro atoms. The van der Waals surface area contributed by atoms with Crippen LogP contribution < -0.4 is 14.9 Å². The van der Waals surface area contributed by atoms with E-state index in [0.717, 1.165) is 22.6 Å². The minimum Gasteiger partial charge on any atom is -0.497 e. The molecule has 2 fully saturated rings. The first-order valence-electron chi connectivity index (χ1n) is 11.0. The predicted molar refractivity (Wildman–Crippen MR) is 130 cm³/mol. The van der Waals surface area contributed by atoms with Gasteiger partial charge in [-0.05, 0) is 72.7 Å². The molecule has 1 amide bonds. The number of methoxy groups -OCH3 is 1. The highest BCUT2D eigenvalue weighted by atomic mass is 32.2. The molecular formula is C24H24N2O3S3. The van der Waals surface area contributed by atoms with Crippen molar-refractivity contribution in [2.45, 2.75) is 42.0 Å². The van der Waals surface area contributed by atoms with Gasteiger partial charge in [-0.2, -0.15) is 0 Å². The molecule has 1 aromatic carbocycles. The van der Waals surface area contributed by atoms with E-state index in [-0.39, 0.29) is 17.3 Å². The summed E-state index contributed by atoms with van der Waals surface area (Å²) in [6.07, 6.45) is 3.95. The third-order valence-corrected chi connectivity index (χ3v) is 11.0. The van der Waals surface area contributed by atoms with Crippen LogP contribution in [0.1, 0.15) is 34.9 Å². The van der Waals surface area contributed by atoms with Gasteiger partial charge in [0.15, 0.2) is 0 Å². The number of amides is 1. The third kappa shape index (κ3) is 3.35. The molecule has 3 aromatic rings. The molecule has 3 heterocycles. The van der Waals surface area contributed by atoms with E-state index in [2.05, 4.69) is 22.8 Å². The van der Waals surface area contributed by atoms with Crippen molar-refractivity contribution in [3.05, 3.63) is 61.2 Å². The molecule has 2 aromatic heterocycles. The minimum atomic E-state index is -0.179. The Hall–Kier alpha value is -2.03. The van der Waals surface area contributed by atoms with Gasteiger partial charge in [0.2, 0.25) is 5.91 Å². The number of carbonyl (C=O) groups excluding carboxylic acids is 1. The van der Waals surface area contributed by atoms with Crippen molar-refractivity contribution in [3.8, 4) is 5.75 Å². The zero-order valence-electron chi connectivity index (χ0n) is 17.7. The second kappa shape index (κ2) is 8.08. The zero-order chi connectivity index (χ0) is 21.8. The molecule has 3 aliphatic rings. The summed E-state index contributed by atoms with van der Waals surface area (Å²) < 4.78 is 6.89. The Morgan fingerprint density at radius 2 is 2.00 bits per heavy atom. The molecule has 5 nitrogen and oxygen atoms in total. The normalized spacial score (nSPS) is 27.7. The van der Waals surface area contributed by atoms with E-state index >= 15 is 0 Å². The number of benzene rings is 1. The predicted octanol–water partition coefficient (Wildman–Crippen LogP) is 5.27. The van der Waals surface area contributed by atoms with Crippen LogP contribution in [0.4, 0.5) is 5.69 Å². The van der Waals surface area contributed by atoms with E-state index in [1.54, 1.807) is 23.0 Å². The maximum atomic E-state index is 13.1. The Kier molecular flexibility index (Phi) is 5.19. The molecule has 2 aliphatic carbocycles. The quantitative estimate of drug-likeness (QED) is 0.536. The number of hydrogen-bond donors (Lipinski definition) is 1. The van der Waals surface area contributed by atoms with Crippen LogP contribution in [0.3, 0.4) is 0 Å². The summed E-state index contributed by atoms with van der Waals surface area (Å²) in [5.74, 6) is 2.98. The monoisotopic (exact) mass is 484 g/mol. The van der Waals surface area contributed by atoms with Gasteiger partial charge in [0.1, 0.15) is 12.3 Å². The lowest BCUT2D eigenvalue weighted by atomic mass is 9.77. The number of rotatable bonds is 5. The summed E-state index contributed by atoms with van der Waals surface area (Å²) in [6.45, 7) is 0.0480. The Labute approximate surface area is 198 Å². The van der Waals surface area contributed by atoms with Crippen molar-refractivity contribution in [2.75, 3.05) is 12.4 Å². The molecule has 32 heavy (non-hydrogen) atoms. The minimum absolute atomic E-state index is 0.0266. The van der Waals surface area contributed by atoms with Gasteiger partial charge >= 0.3 is 4.87 Å². The standard InChI is InChI=1S/C24H24N2O3S3/c1-29-16-8-6-15(7-9-16)25-18(27)12-26-23-22(32-24(26)28)20(17-3-2-10-30-17)19-13-4-5-14(11-13)21(19)31-23/h2-3,6-10,13-14,19-21H,4-5,11-12H2,1H3,(H,25,27)/t13-,14-,19+,20+,21+/m0/s1. The number of hydrogen-bond acceptors (Lipinski definition) is 6. The summed E-state index contributed by atoms with van der Waals surface area (Å²) in [7, 11) is 1.61. The number of ether oxygens (including phenoxy) is 1. The van der Waals surface area contributed by atoms with Gasteiger partial charge in [-0.1, -0.05) is 17.4 Å². The van der Waals surface area contributed by atoms with E-state index in [1.165, 1.54) is 40.4 Å². The Morgan fingerprint density at radius 1 is 1.19 bits per heavy atom. The number of carbonyl (C=O) groups is 1. The fourth-order valence-electron chi connectivity index (χ4n) is 5.89. The molecule has 166 valence electrons. The van der Waals surface area contributed by atoms with Gasteiger partial charge in [-0.3, -0.25) is 14.2 Å². The number of thiazole rings is 1. The lowest BCUT2D eigenvalue weighted by Gasteiger charge is -2.40. The van der Waals surface area contributed by atoms with Crippen molar-refractivity contribution < 1.29 is 9.53 Å². The second-order valence-corrected chi connectivity index (χ2v) is 12.0. The van der Waals surface area contributed by atoms with Gasteiger partial charge in [0, 0.05) is 26.6 Å². The summed E-state index contributed by atoms with van der Waals surface area (Å²) in [6, 6.07) is 11.6. The molecule has 2 bridgehead atoms. The average molecular weight is 485 g/mol. The van der Waals surface area contributed by atoms with Gasteiger partial charge in [-0.15, -0.1) is 23.1 Å². The third-order valence-electron chi connectivity index (χ3n) is 7.22. The highest BCUT2D eigenvalue weighted by Gasteiger charge is 2.55. The number of aromatic nitrogens is 1. The number of nitrogens with one attached hydrogen (secondary N) is 1. The van der Waals surface area contributed by atoms with Crippen molar-refractivity contribution in [3.63, 3.8) is 0 Å². The molecule has 1 aliphatic heterocycles. The Bertz CT molecular complexity index is 1200. The number of anilines is 1. The number of nitrogens with zero attached hydrogens (tertiary/aromatic N) is 1. The van der Waals surface area contributed by atoms with E-state index in [4.69, 9.17) is 4.74 Å². The van der Waals surface area contributed by atoms with Crippen molar-refractivity contribution in [2.24, 2.45) is 17.8 Å². The van der Waals surface area contributed by atoms with Crippen LogP contribution in [0.25, 0.3) is 0 Å². The smallest absolute Gasteiger partial charge is 0.308 e. The summed E-state index contributed by atoms with van der Waals surface area (Å²) in [5.41, 5.74) is 0.699. The summed E-state index contributed by atoms with van der Waals surface area (Å²) in [5, 5.41) is 6.64. The Balaban J connectivity index is 1.32. The molecule has 5 atom stereocenters. The van der Waals surface area contributed by atoms with Gasteiger partial charge in [0.25, 0.3) is 0 Å². The SMILES string of the molecule is COc1ccc(NC(=O)Cn2c3c(sc2=O)[C@H](c2cccs2)[C@H]2[C@H]4CC[C@@H](C4)[C@H]2S3)cc1. The lowest BCUT2D eigenvalue weighted by molar-refractivity contribution is -0.116. The maximum absolute atomic E-state index is 13.1. The van der Waals surface area contributed by atoms with Crippen molar-refractivity contribution >= 4 is 46.0 Å². The van der Waals surface area contributed by atoms with Crippen LogP contribution >= 0.6 is 34.4 Å². The first kappa shape index (κ1) is 20.6. The molecule has 0 saturated heterocycles. The van der Waals surface area contributed by atoms with Crippen LogP contribution in [0.2, 0.25) is 0 Å². The first-order chi connectivity index (χ1) is 15.6. The molecule has 8 heteroatoms. The summed E-state index contributed by atoms with van der Waals surface area (Å²) >= 11 is 5.02. The molecule has 1 N–H and O–H groups in total. The maximum Gasteiger partial charge on any atom is 0.308 e. The van der Waals surface area contributed by atoms with Gasteiger partial charge < -0.3 is 10.1 Å². The second-order valence-electron chi connectivity index (χ2n) is 8.89. The fraction of sp³-hybridized carbons (Fsp3) is 0.417. The Morgan fingerprint density at radius 3 is 2.75 bits per heavy atom. The lowest BCUT2D eigenvalue weighted by Crippen LogP contribution is -2.34. The van der Waals surface area contributed by atoms with E-state index in [9.17, 15) is 9.59 Å². The van der Waals surface area contributed by atoms with E-state index < -0.39 is 0 Å². The van der Waals surface area contributed by atoms with Gasteiger partial charge in [0.05, 0.1) is 12.1 Å². The van der Waals surface area contributed by atoms with Crippen LogP contribution in [-0.4, -0.2) is 22.8 Å². The van der Waals surface area contributed by atoms with Gasteiger partial charge in [-0.25, -0.2) is 0 Å². The van der Waals surface area contributed by atoms with E-state index in [1.807, 2.05) is 36.0 Å². The largest absolute Gasteiger partial charge is 0.497 e.